The first kappa shape index (κ1) is 24.3. The Labute approximate surface area is 209 Å². The molecule has 3 aromatic carbocycles. The minimum atomic E-state index is -0.588. The van der Waals surface area contributed by atoms with Crippen LogP contribution in [0, 0.1) is 0 Å². The van der Waals surface area contributed by atoms with Crippen molar-refractivity contribution in [3.63, 3.8) is 0 Å². The summed E-state index contributed by atoms with van der Waals surface area (Å²) in [6.45, 7) is 0.484. The Morgan fingerprint density at radius 3 is 2.23 bits per heavy atom. The van der Waals surface area contributed by atoms with Crippen LogP contribution in [0.1, 0.15) is 12.0 Å². The molecule has 7 nitrogen and oxygen atoms in total. The Kier molecular flexibility index (Phi) is 8.05. The first-order valence-electron chi connectivity index (χ1n) is 11.2. The third kappa shape index (κ3) is 6.42. The van der Waals surface area contributed by atoms with Crippen LogP contribution < -0.4 is 14.8 Å². The predicted molar refractivity (Wildman–Crippen MR) is 140 cm³/mol. The van der Waals surface area contributed by atoms with E-state index in [1.807, 2.05) is 54.6 Å². The average molecular weight is 490 g/mol. The van der Waals surface area contributed by atoms with E-state index in [-0.39, 0.29) is 18.2 Å². The fourth-order valence-electron chi connectivity index (χ4n) is 3.61. The number of ether oxygens (including phenoxy) is 2. The topological polar surface area (TPSA) is 80.2 Å². The molecule has 1 saturated heterocycles. The maximum Gasteiger partial charge on any atom is 0.238 e. The molecule has 0 aromatic heterocycles. The van der Waals surface area contributed by atoms with Gasteiger partial charge in [0.05, 0.1) is 19.9 Å². The lowest BCUT2D eigenvalue weighted by Gasteiger charge is -2.32. The Morgan fingerprint density at radius 1 is 0.971 bits per heavy atom. The average Bonchev–Trinajstić information content (AvgIpc) is 2.89. The number of nitrogens with zero attached hydrogens (tertiary/aromatic N) is 2. The van der Waals surface area contributed by atoms with E-state index < -0.39 is 5.25 Å². The van der Waals surface area contributed by atoms with Crippen molar-refractivity contribution in [1.82, 2.24) is 4.90 Å². The summed E-state index contributed by atoms with van der Waals surface area (Å²) in [7, 11) is 3.19. The molecule has 3 aromatic rings. The quantitative estimate of drug-likeness (QED) is 0.487. The summed E-state index contributed by atoms with van der Waals surface area (Å²) >= 11 is 1.31. The van der Waals surface area contributed by atoms with Crippen LogP contribution >= 0.6 is 11.8 Å². The van der Waals surface area contributed by atoms with Gasteiger partial charge in [-0.05, 0) is 60.5 Å². The van der Waals surface area contributed by atoms with Crippen LogP contribution in [0.4, 0.5) is 11.4 Å². The zero-order valence-corrected chi connectivity index (χ0v) is 20.5. The molecule has 1 aliphatic rings. The van der Waals surface area contributed by atoms with Crippen molar-refractivity contribution in [3.8, 4) is 11.5 Å². The van der Waals surface area contributed by atoms with Crippen LogP contribution in [0.15, 0.2) is 83.9 Å². The summed E-state index contributed by atoms with van der Waals surface area (Å²) in [5, 5.41) is 2.82. The minimum Gasteiger partial charge on any atom is -0.497 e. The second-order valence-electron chi connectivity index (χ2n) is 7.90. The summed E-state index contributed by atoms with van der Waals surface area (Å²) in [4.78, 5) is 32.6. The van der Waals surface area contributed by atoms with E-state index in [9.17, 15) is 9.59 Å². The van der Waals surface area contributed by atoms with Gasteiger partial charge >= 0.3 is 0 Å². The third-order valence-electron chi connectivity index (χ3n) is 5.55. The van der Waals surface area contributed by atoms with Gasteiger partial charge in [-0.1, -0.05) is 42.1 Å². The van der Waals surface area contributed by atoms with Gasteiger partial charge in [-0.2, -0.15) is 0 Å². The van der Waals surface area contributed by atoms with Gasteiger partial charge < -0.3 is 14.8 Å². The highest BCUT2D eigenvalue weighted by atomic mass is 32.2. The van der Waals surface area contributed by atoms with Crippen LogP contribution in [-0.2, 0) is 16.0 Å². The Hall–Kier alpha value is -3.78. The molecule has 35 heavy (non-hydrogen) atoms. The van der Waals surface area contributed by atoms with Gasteiger partial charge in [0.25, 0.3) is 0 Å². The standard InChI is InChI=1S/C27H27N3O4S/c1-33-22-12-8-20(9-13-22)28-26(32)24-18-25(31)30(17-16-19-6-4-3-5-7-19)27(35-24)29-21-10-14-23(34-2)15-11-21/h3-15,24H,16-18H2,1-2H3,(H,28,32). The maximum absolute atomic E-state index is 13.2. The Morgan fingerprint density at radius 2 is 1.60 bits per heavy atom. The fourth-order valence-corrected chi connectivity index (χ4v) is 4.74. The molecule has 0 bridgehead atoms. The molecule has 180 valence electrons. The van der Waals surface area contributed by atoms with Crippen LogP contribution in [0.2, 0.25) is 0 Å². The lowest BCUT2D eigenvalue weighted by atomic mass is 10.1. The second-order valence-corrected chi connectivity index (χ2v) is 9.07. The number of anilines is 1. The highest BCUT2D eigenvalue weighted by molar-refractivity contribution is 8.15. The number of methoxy groups -OCH3 is 2. The molecule has 0 saturated carbocycles. The number of hydrogen-bond acceptors (Lipinski definition) is 6. The van der Waals surface area contributed by atoms with Crippen LogP contribution in [0.3, 0.4) is 0 Å². The van der Waals surface area contributed by atoms with Crippen LogP contribution in [-0.4, -0.2) is 47.9 Å². The number of carbonyl (C=O) groups is 2. The Bertz CT molecular complexity index is 1180. The van der Waals surface area contributed by atoms with E-state index in [4.69, 9.17) is 14.5 Å². The molecular weight excluding hydrogens is 462 g/mol. The lowest BCUT2D eigenvalue weighted by Crippen LogP contribution is -2.46. The summed E-state index contributed by atoms with van der Waals surface area (Å²) in [6.07, 6.45) is 0.792. The van der Waals surface area contributed by atoms with Crippen molar-refractivity contribution >= 4 is 40.1 Å². The third-order valence-corrected chi connectivity index (χ3v) is 6.74. The zero-order chi connectivity index (χ0) is 24.6. The molecule has 1 heterocycles. The summed E-state index contributed by atoms with van der Waals surface area (Å²) < 4.78 is 10.4. The molecule has 2 amide bonds. The van der Waals surface area contributed by atoms with E-state index in [1.54, 1.807) is 43.4 Å². The second kappa shape index (κ2) is 11.6. The molecule has 1 unspecified atom stereocenters. The van der Waals surface area contributed by atoms with Crippen molar-refractivity contribution in [2.45, 2.75) is 18.1 Å². The van der Waals surface area contributed by atoms with Crippen molar-refractivity contribution < 1.29 is 19.1 Å². The van der Waals surface area contributed by atoms with Gasteiger partial charge in [-0.15, -0.1) is 0 Å². The van der Waals surface area contributed by atoms with Gasteiger partial charge in [-0.3, -0.25) is 14.5 Å². The molecule has 0 spiro atoms. The molecule has 4 rings (SSSR count). The largest absolute Gasteiger partial charge is 0.497 e. The number of carbonyl (C=O) groups excluding carboxylic acids is 2. The van der Waals surface area contributed by atoms with Gasteiger partial charge in [0.15, 0.2) is 5.17 Å². The fraction of sp³-hybridized carbons (Fsp3) is 0.222. The number of rotatable bonds is 8. The lowest BCUT2D eigenvalue weighted by molar-refractivity contribution is -0.129. The molecule has 8 heteroatoms. The molecule has 1 aliphatic heterocycles. The molecule has 1 N–H and O–H groups in total. The van der Waals surface area contributed by atoms with Crippen LogP contribution in [0.5, 0.6) is 11.5 Å². The van der Waals surface area contributed by atoms with E-state index in [0.29, 0.717) is 35.3 Å². The van der Waals surface area contributed by atoms with Crippen molar-refractivity contribution in [1.29, 1.82) is 0 Å². The van der Waals surface area contributed by atoms with E-state index in [0.717, 1.165) is 11.3 Å². The smallest absolute Gasteiger partial charge is 0.238 e. The van der Waals surface area contributed by atoms with Gasteiger partial charge in [0, 0.05) is 18.7 Å². The van der Waals surface area contributed by atoms with Gasteiger partial charge in [0.2, 0.25) is 11.8 Å². The number of thioether (sulfide) groups is 1. The monoisotopic (exact) mass is 489 g/mol. The molecule has 1 atom stereocenters. The summed E-state index contributed by atoms with van der Waals surface area (Å²) in [5.41, 5.74) is 2.46. The minimum absolute atomic E-state index is 0.100. The molecular formula is C27H27N3O4S. The predicted octanol–water partition coefficient (Wildman–Crippen LogP) is 4.91. The first-order chi connectivity index (χ1) is 17.1. The number of nitrogens with one attached hydrogen (secondary N) is 1. The molecule has 0 radical (unpaired) electrons. The van der Waals surface area contributed by atoms with E-state index in [2.05, 4.69) is 5.32 Å². The SMILES string of the molecule is COc1ccc(N=C2SC(C(=O)Nc3ccc(OC)cc3)CC(=O)N2CCc2ccccc2)cc1. The van der Waals surface area contributed by atoms with Crippen LogP contribution in [0.25, 0.3) is 0 Å². The van der Waals surface area contributed by atoms with Gasteiger partial charge in [0.1, 0.15) is 16.7 Å². The molecule has 1 fully saturated rings. The first-order valence-corrected chi connectivity index (χ1v) is 12.1. The van der Waals surface area contributed by atoms with Gasteiger partial charge in [-0.25, -0.2) is 4.99 Å². The highest BCUT2D eigenvalue weighted by Crippen LogP contribution is 2.31. The van der Waals surface area contributed by atoms with E-state index in [1.165, 1.54) is 11.8 Å². The number of benzene rings is 3. The number of aliphatic imine (C=N–C) groups is 1. The molecule has 0 aliphatic carbocycles. The number of hydrogen-bond donors (Lipinski definition) is 1. The van der Waals surface area contributed by atoms with Crippen molar-refractivity contribution in [2.24, 2.45) is 4.99 Å². The number of amidine groups is 1. The normalized spacial score (nSPS) is 16.7. The summed E-state index contributed by atoms with van der Waals surface area (Å²) in [6, 6.07) is 24.4. The van der Waals surface area contributed by atoms with Crippen molar-refractivity contribution in [2.75, 3.05) is 26.1 Å². The van der Waals surface area contributed by atoms with E-state index >= 15 is 0 Å². The number of amides is 2. The maximum atomic E-state index is 13.2. The van der Waals surface area contributed by atoms with Crippen molar-refractivity contribution in [3.05, 3.63) is 84.4 Å². The zero-order valence-electron chi connectivity index (χ0n) is 19.6. The highest BCUT2D eigenvalue weighted by Gasteiger charge is 2.35. The summed E-state index contributed by atoms with van der Waals surface area (Å²) in [5.74, 6) is 1.06. The Balaban J connectivity index is 1.53.